The van der Waals surface area contributed by atoms with Crippen LogP contribution >= 0.6 is 0 Å². The molecular formula is C29H48B4N8O3. The molecule has 44 heavy (non-hydrogen) atoms. The highest BCUT2D eigenvalue weighted by molar-refractivity contribution is 6.46. The van der Waals surface area contributed by atoms with E-state index < -0.39 is 5.91 Å². The molecule has 3 aliphatic rings. The highest BCUT2D eigenvalue weighted by atomic mass is 16.5. The van der Waals surface area contributed by atoms with Crippen LogP contribution in [0.1, 0.15) is 35.9 Å². The van der Waals surface area contributed by atoms with E-state index in [9.17, 15) is 4.79 Å². The van der Waals surface area contributed by atoms with Gasteiger partial charge in [-0.15, -0.1) is 0 Å². The lowest BCUT2D eigenvalue weighted by Gasteiger charge is -2.59. The first-order chi connectivity index (χ1) is 20.9. The Balaban J connectivity index is 1.40. The standard InChI is InChI=1S/C29H48B4N8O3/c1-4-20-25(35-18-7-13-44-14-8-18)38-26(23(37-20)24(34)42)36-19-5-6-21(22(15-19)43-3)41-16-28(30,31)27(29(32,33)17-41)40-11-9-39(2)10-12-40/h5-6,15,18,27H,4,7-14,16-17,30-33H2,1-3H3,(H2,34,42)(H2,35,36,38). The molecule has 0 atom stereocenters. The van der Waals surface area contributed by atoms with Crippen molar-refractivity contribution in [3.63, 3.8) is 0 Å². The number of anilines is 4. The summed E-state index contributed by atoms with van der Waals surface area (Å²) >= 11 is 0. The summed E-state index contributed by atoms with van der Waals surface area (Å²) in [5, 5.41) is 6.99. The van der Waals surface area contributed by atoms with E-state index in [1.165, 1.54) is 0 Å². The molecular weight excluding hydrogens is 552 g/mol. The quantitative estimate of drug-likeness (QED) is 0.300. The first kappa shape index (κ1) is 32.5. The molecule has 0 aliphatic carbocycles. The van der Waals surface area contributed by atoms with Gasteiger partial charge in [0.05, 0.1) is 18.5 Å². The fraction of sp³-hybridized carbons (Fsp3) is 0.621. The van der Waals surface area contributed by atoms with Gasteiger partial charge in [0.1, 0.15) is 37.1 Å². The van der Waals surface area contributed by atoms with Crippen LogP contribution in [0.2, 0.25) is 10.4 Å². The summed E-state index contributed by atoms with van der Waals surface area (Å²) in [5.74, 6) is 1.14. The fourth-order valence-corrected chi connectivity index (χ4v) is 7.79. The van der Waals surface area contributed by atoms with Crippen molar-refractivity contribution in [1.82, 2.24) is 19.8 Å². The number of nitrogens with zero attached hydrogens (tertiary/aromatic N) is 5. The molecule has 15 heteroatoms. The Kier molecular flexibility index (Phi) is 9.77. The Labute approximate surface area is 266 Å². The molecule has 1 aromatic carbocycles. The number of aryl methyl sites for hydroxylation is 1. The number of carbonyl (C=O) groups excluding carboxylic acids is 1. The molecule has 0 spiro atoms. The largest absolute Gasteiger partial charge is 0.495 e. The minimum atomic E-state index is -0.622. The second-order valence-corrected chi connectivity index (χ2v) is 14.1. The number of ether oxygens (including phenoxy) is 2. The molecule has 3 aliphatic heterocycles. The van der Waals surface area contributed by atoms with Gasteiger partial charge < -0.3 is 35.6 Å². The van der Waals surface area contributed by atoms with E-state index in [-0.39, 0.29) is 22.2 Å². The summed E-state index contributed by atoms with van der Waals surface area (Å²) in [6.45, 7) is 9.73. The molecule has 1 amide bonds. The normalized spacial score (nSPS) is 21.6. The van der Waals surface area contributed by atoms with E-state index in [2.05, 4.69) is 74.8 Å². The van der Waals surface area contributed by atoms with Gasteiger partial charge in [0, 0.05) is 70.3 Å². The van der Waals surface area contributed by atoms with Crippen molar-refractivity contribution in [3.05, 3.63) is 29.6 Å². The van der Waals surface area contributed by atoms with E-state index in [0.29, 0.717) is 43.0 Å². The summed E-state index contributed by atoms with van der Waals surface area (Å²) in [5.41, 5.74) is 8.41. The van der Waals surface area contributed by atoms with Crippen LogP contribution in [0.15, 0.2) is 18.2 Å². The molecule has 234 valence electrons. The predicted octanol–water partition coefficient (Wildman–Crippen LogP) is -1.32. The molecule has 3 saturated heterocycles. The molecule has 4 N–H and O–H groups in total. The first-order valence-corrected chi connectivity index (χ1v) is 16.1. The number of hydrogen-bond donors (Lipinski definition) is 3. The number of primary amides is 1. The number of carbonyl (C=O) groups is 1. The van der Waals surface area contributed by atoms with Gasteiger partial charge in [-0.25, -0.2) is 9.97 Å². The van der Waals surface area contributed by atoms with Crippen molar-refractivity contribution >= 4 is 60.3 Å². The predicted molar refractivity (Wildman–Crippen MR) is 188 cm³/mol. The van der Waals surface area contributed by atoms with E-state index in [4.69, 9.17) is 20.2 Å². The van der Waals surface area contributed by atoms with E-state index in [1.807, 2.05) is 19.1 Å². The maximum absolute atomic E-state index is 12.4. The van der Waals surface area contributed by atoms with Crippen molar-refractivity contribution in [2.45, 2.75) is 48.7 Å². The van der Waals surface area contributed by atoms with Crippen molar-refractivity contribution in [2.75, 3.05) is 82.2 Å². The third-order valence-corrected chi connectivity index (χ3v) is 9.46. The number of benzene rings is 1. The third kappa shape index (κ3) is 7.00. The summed E-state index contributed by atoms with van der Waals surface area (Å²) in [4.78, 5) is 29.5. The highest BCUT2D eigenvalue weighted by Crippen LogP contribution is 2.48. The maximum Gasteiger partial charge on any atom is 0.271 e. The van der Waals surface area contributed by atoms with Crippen LogP contribution < -0.4 is 26.0 Å². The van der Waals surface area contributed by atoms with E-state index in [1.54, 1.807) is 7.11 Å². The van der Waals surface area contributed by atoms with Crippen molar-refractivity contribution < 1.29 is 14.3 Å². The topological polar surface area (TPSA) is 121 Å². The van der Waals surface area contributed by atoms with E-state index in [0.717, 1.165) is 69.2 Å². The van der Waals surface area contributed by atoms with Crippen LogP contribution in [0, 0.1) is 0 Å². The molecule has 11 nitrogen and oxygen atoms in total. The van der Waals surface area contributed by atoms with Crippen molar-refractivity contribution in [3.8, 4) is 5.75 Å². The molecule has 2 aromatic rings. The van der Waals surface area contributed by atoms with Crippen LogP contribution in [-0.2, 0) is 11.2 Å². The number of rotatable bonds is 9. The number of aromatic nitrogens is 2. The van der Waals surface area contributed by atoms with Crippen molar-refractivity contribution in [2.24, 2.45) is 5.73 Å². The molecule has 0 radical (unpaired) electrons. The average Bonchev–Trinajstić information content (AvgIpc) is 2.97. The third-order valence-electron chi connectivity index (χ3n) is 9.46. The Hall–Kier alpha value is -2.89. The van der Waals surface area contributed by atoms with Crippen LogP contribution in [0.5, 0.6) is 5.75 Å². The Morgan fingerprint density at radius 2 is 1.73 bits per heavy atom. The number of amides is 1. The number of likely N-dealkylation sites (N-methyl/N-ethyl adjacent to an activating group) is 1. The zero-order valence-corrected chi connectivity index (χ0v) is 27.7. The molecule has 5 rings (SSSR count). The van der Waals surface area contributed by atoms with E-state index >= 15 is 0 Å². The monoisotopic (exact) mass is 600 g/mol. The van der Waals surface area contributed by atoms with Gasteiger partial charge in [0.25, 0.3) is 5.91 Å². The number of nitrogens with two attached hydrogens (primary N) is 1. The van der Waals surface area contributed by atoms with Crippen LogP contribution in [-0.4, -0.2) is 136 Å². The second kappa shape index (κ2) is 13.2. The summed E-state index contributed by atoms with van der Waals surface area (Å²) in [7, 11) is 13.5. The molecule has 0 saturated carbocycles. The van der Waals surface area contributed by atoms with Gasteiger partial charge in [-0.2, -0.15) is 0 Å². The average molecular weight is 600 g/mol. The van der Waals surface area contributed by atoms with Gasteiger partial charge in [0.2, 0.25) is 0 Å². The maximum atomic E-state index is 12.4. The number of hydrogen-bond acceptors (Lipinski definition) is 10. The van der Waals surface area contributed by atoms with Crippen LogP contribution in [0.25, 0.3) is 0 Å². The zero-order valence-electron chi connectivity index (χ0n) is 27.7. The van der Waals surface area contributed by atoms with Gasteiger partial charge in [-0.1, -0.05) is 17.4 Å². The molecule has 4 heterocycles. The first-order valence-electron chi connectivity index (χ1n) is 16.1. The summed E-state index contributed by atoms with van der Waals surface area (Å²) in [6, 6.07) is 6.79. The SMILES string of the molecule is BC1(B)CN(c2ccc(Nc3nc(NC4CCOCC4)c(CC)nc3C(N)=O)cc2OC)CC(B)(B)C1N1CCN(C)CC1. The lowest BCUT2D eigenvalue weighted by molar-refractivity contribution is 0.0849. The lowest BCUT2D eigenvalue weighted by Crippen LogP contribution is -2.65. The minimum Gasteiger partial charge on any atom is -0.495 e. The minimum absolute atomic E-state index is 0.0699. The Morgan fingerprint density at radius 1 is 1.07 bits per heavy atom. The molecule has 0 unspecified atom stereocenters. The number of nitrogens with one attached hydrogen (secondary N) is 2. The summed E-state index contributed by atoms with van der Waals surface area (Å²) in [6.07, 6.45) is 2.41. The zero-order chi connectivity index (χ0) is 31.6. The van der Waals surface area contributed by atoms with Crippen molar-refractivity contribution in [1.29, 1.82) is 0 Å². The molecule has 0 bridgehead atoms. The highest BCUT2D eigenvalue weighted by Gasteiger charge is 2.49. The van der Waals surface area contributed by atoms with Crippen LogP contribution in [0.3, 0.4) is 0 Å². The van der Waals surface area contributed by atoms with Crippen LogP contribution in [0.4, 0.5) is 23.0 Å². The van der Waals surface area contributed by atoms with Gasteiger partial charge in [0.15, 0.2) is 17.3 Å². The number of piperazine rings is 1. The van der Waals surface area contributed by atoms with Gasteiger partial charge in [-0.05, 0) is 44.5 Å². The summed E-state index contributed by atoms with van der Waals surface area (Å²) < 4.78 is 11.5. The molecule has 1 aromatic heterocycles. The molecule has 3 fully saturated rings. The van der Waals surface area contributed by atoms with Gasteiger partial charge in [-0.3, -0.25) is 9.69 Å². The Morgan fingerprint density at radius 3 is 2.32 bits per heavy atom. The fourth-order valence-electron chi connectivity index (χ4n) is 7.79. The number of piperidine rings is 1. The lowest BCUT2D eigenvalue weighted by atomic mass is 9.35. The Bertz CT molecular complexity index is 1320. The van der Waals surface area contributed by atoms with Gasteiger partial charge >= 0.3 is 0 Å². The number of methoxy groups -OCH3 is 1. The second-order valence-electron chi connectivity index (χ2n) is 14.1. The smallest absolute Gasteiger partial charge is 0.271 e.